The number of nitrogens with one attached hydrogen (secondary N) is 3. The molecule has 52 heavy (non-hydrogen) atoms. The van der Waals surface area contributed by atoms with E-state index in [-0.39, 0.29) is 25.9 Å². The van der Waals surface area contributed by atoms with Crippen LogP contribution in [0.3, 0.4) is 0 Å². The van der Waals surface area contributed by atoms with Crippen molar-refractivity contribution < 1.29 is 32.3 Å². The summed E-state index contributed by atoms with van der Waals surface area (Å²) in [5.74, 6) is 0.322. The number of benzene rings is 4. The Bertz CT molecular complexity index is 1840. The molecule has 4 aromatic rings. The smallest absolute Gasteiger partial charge is 0.330 e. The van der Waals surface area contributed by atoms with E-state index in [9.17, 15) is 22.8 Å². The number of ether oxygens (including phenoxy) is 2. The maximum atomic E-state index is 14.0. The highest BCUT2D eigenvalue weighted by Gasteiger charge is 2.32. The van der Waals surface area contributed by atoms with E-state index in [4.69, 9.17) is 9.47 Å². The van der Waals surface area contributed by atoms with Gasteiger partial charge in [-0.25, -0.2) is 9.52 Å². The van der Waals surface area contributed by atoms with Crippen LogP contribution in [0.25, 0.3) is 0 Å². The second-order valence-electron chi connectivity index (χ2n) is 11.7. The predicted molar refractivity (Wildman–Crippen MR) is 203 cm³/mol. The van der Waals surface area contributed by atoms with Crippen LogP contribution in [0, 0.1) is 0 Å². The molecule has 0 unspecified atom stereocenters. The largest absolute Gasteiger partial charge is 0.494 e. The van der Waals surface area contributed by atoms with Gasteiger partial charge in [0.25, 0.3) is 0 Å². The number of rotatable bonds is 18. The minimum atomic E-state index is -4.63. The molecule has 12 nitrogen and oxygen atoms in total. The zero-order chi connectivity index (χ0) is 37.5. The molecule has 4 aromatic carbocycles. The summed E-state index contributed by atoms with van der Waals surface area (Å²) >= 11 is 0. The number of carbonyl (C=O) groups excluding carboxylic acids is 3. The van der Waals surface area contributed by atoms with Gasteiger partial charge in [0.2, 0.25) is 11.8 Å². The van der Waals surface area contributed by atoms with Crippen LogP contribution in [0.2, 0.25) is 0 Å². The van der Waals surface area contributed by atoms with Crippen molar-refractivity contribution >= 4 is 39.4 Å². The summed E-state index contributed by atoms with van der Waals surface area (Å²) < 4.78 is 42.5. The molecule has 0 saturated carbocycles. The van der Waals surface area contributed by atoms with Crippen LogP contribution in [0.1, 0.15) is 38.8 Å². The van der Waals surface area contributed by atoms with E-state index in [0.29, 0.717) is 41.7 Å². The molecule has 0 spiro atoms. The van der Waals surface area contributed by atoms with E-state index < -0.39 is 40.1 Å². The summed E-state index contributed by atoms with van der Waals surface area (Å²) in [5.41, 5.74) is 2.60. The van der Waals surface area contributed by atoms with E-state index in [2.05, 4.69) is 10.0 Å². The molecular weight excluding hydrogens is 683 g/mol. The summed E-state index contributed by atoms with van der Waals surface area (Å²) in [4.78, 5) is 44.4. The third-order valence-corrected chi connectivity index (χ3v) is 9.12. The highest BCUT2D eigenvalue weighted by atomic mass is 32.2. The normalized spacial score (nSPS) is 12.2. The van der Waals surface area contributed by atoms with Gasteiger partial charge in [0, 0.05) is 30.9 Å². The predicted octanol–water partition coefficient (Wildman–Crippen LogP) is 5.25. The summed E-state index contributed by atoms with van der Waals surface area (Å²) in [5, 5.41) is 2.57. The quantitative estimate of drug-likeness (QED) is 0.127. The summed E-state index contributed by atoms with van der Waals surface area (Å²) in [6, 6.07) is 28.4. The Morgan fingerprint density at radius 2 is 1.00 bits per heavy atom. The lowest BCUT2D eigenvalue weighted by Crippen LogP contribution is -2.57. The molecular formula is C39H47N5O7S. The molecule has 4 amide bonds. The minimum Gasteiger partial charge on any atom is -0.494 e. The van der Waals surface area contributed by atoms with Gasteiger partial charge in [-0.15, -0.1) is 0 Å². The molecule has 0 heterocycles. The highest BCUT2D eigenvalue weighted by molar-refractivity contribution is 7.88. The number of hydrogen-bond acceptors (Lipinski definition) is 7. The third-order valence-electron chi connectivity index (χ3n) is 8.07. The van der Waals surface area contributed by atoms with Crippen molar-refractivity contribution in [1.29, 1.82) is 0 Å². The molecule has 3 N–H and O–H groups in total. The van der Waals surface area contributed by atoms with Gasteiger partial charge >= 0.3 is 16.2 Å². The Labute approximate surface area is 306 Å². The number of hydrogen-bond donors (Lipinski definition) is 3. The highest BCUT2D eigenvalue weighted by Crippen LogP contribution is 2.23. The van der Waals surface area contributed by atoms with E-state index in [0.717, 1.165) is 5.56 Å². The number of nitrogens with zero attached hydrogens (tertiary/aromatic N) is 2. The van der Waals surface area contributed by atoms with Crippen molar-refractivity contribution in [2.75, 3.05) is 36.1 Å². The maximum Gasteiger partial charge on any atom is 0.330 e. The van der Waals surface area contributed by atoms with Crippen LogP contribution < -0.4 is 34.0 Å². The molecule has 0 fully saturated rings. The Kier molecular flexibility index (Phi) is 14.6. The molecule has 2 atom stereocenters. The van der Waals surface area contributed by atoms with Crippen molar-refractivity contribution in [1.82, 2.24) is 14.8 Å². The van der Waals surface area contributed by atoms with Crippen LogP contribution in [0.5, 0.6) is 11.5 Å². The van der Waals surface area contributed by atoms with Crippen LogP contribution >= 0.6 is 0 Å². The van der Waals surface area contributed by atoms with Gasteiger partial charge in [-0.2, -0.15) is 13.1 Å². The van der Waals surface area contributed by atoms with Crippen molar-refractivity contribution in [3.8, 4) is 11.5 Å². The van der Waals surface area contributed by atoms with Gasteiger partial charge in [-0.1, -0.05) is 60.7 Å². The molecule has 0 bridgehead atoms. The number of urea groups is 1. The molecule has 13 heteroatoms. The first-order chi connectivity index (χ1) is 25.1. The van der Waals surface area contributed by atoms with Crippen molar-refractivity contribution in [3.05, 3.63) is 120 Å². The van der Waals surface area contributed by atoms with Crippen LogP contribution in [0.4, 0.5) is 16.2 Å². The fourth-order valence-corrected chi connectivity index (χ4v) is 6.61. The SMILES string of the molecule is CCOc1ccc(N(CC)C(=O)[C@H](Cc2ccccc2)NC(=O)NS(=O)(=O)N[C@@H](Cc2ccccc2)C(=O)N(CC)c2ccc(OCC)cc2)cc1. The van der Waals surface area contributed by atoms with Crippen molar-refractivity contribution in [2.45, 2.75) is 52.6 Å². The number of anilines is 2. The standard InChI is InChI=1S/C39H47N5O7S/c1-5-43(31-19-23-33(24-20-31)50-7-3)37(45)35(27-29-15-11-9-12-16-29)40-39(47)42-52(48,49)41-36(28-30-17-13-10-14-18-30)38(46)44(6-2)32-21-25-34(26-22-32)51-8-4/h9-26,35-36,41H,5-8,27-28H2,1-4H3,(H2,40,42,47)/t35-,36-/m0/s1. The average molecular weight is 730 g/mol. The lowest BCUT2D eigenvalue weighted by molar-refractivity contribution is -0.120. The van der Waals surface area contributed by atoms with Gasteiger partial charge < -0.3 is 24.6 Å². The Morgan fingerprint density at radius 1 is 0.596 bits per heavy atom. The van der Waals surface area contributed by atoms with E-state index in [1.54, 1.807) is 86.6 Å². The van der Waals surface area contributed by atoms with Crippen LogP contribution in [-0.4, -0.2) is 64.7 Å². The monoisotopic (exact) mass is 729 g/mol. The Hall–Kier alpha value is -5.40. The molecule has 4 rings (SSSR count). The van der Waals surface area contributed by atoms with Gasteiger partial charge in [0.1, 0.15) is 23.6 Å². The molecule has 0 aliphatic carbocycles. The molecule has 0 aliphatic heterocycles. The average Bonchev–Trinajstić information content (AvgIpc) is 3.13. The van der Waals surface area contributed by atoms with Gasteiger partial charge in [-0.05, 0) is 93.8 Å². The number of amides is 4. The van der Waals surface area contributed by atoms with E-state index >= 15 is 0 Å². The first-order valence-electron chi connectivity index (χ1n) is 17.3. The lowest BCUT2D eigenvalue weighted by atomic mass is 10.0. The zero-order valence-electron chi connectivity index (χ0n) is 30.0. The number of likely N-dealkylation sites (N-methyl/N-ethyl adjacent to an activating group) is 2. The Balaban J connectivity index is 1.55. The fourth-order valence-electron chi connectivity index (χ4n) is 5.69. The van der Waals surface area contributed by atoms with E-state index in [1.165, 1.54) is 9.80 Å². The summed E-state index contributed by atoms with van der Waals surface area (Å²) in [6.45, 7) is 8.84. The zero-order valence-corrected chi connectivity index (χ0v) is 30.8. The maximum absolute atomic E-state index is 14.0. The molecule has 0 aliphatic rings. The van der Waals surface area contributed by atoms with Crippen molar-refractivity contribution in [2.24, 2.45) is 0 Å². The second-order valence-corrected chi connectivity index (χ2v) is 13.1. The van der Waals surface area contributed by atoms with Crippen LogP contribution in [0.15, 0.2) is 109 Å². The van der Waals surface area contributed by atoms with Gasteiger partial charge in [0.15, 0.2) is 0 Å². The van der Waals surface area contributed by atoms with Gasteiger partial charge in [-0.3, -0.25) is 9.59 Å². The summed E-state index contributed by atoms with van der Waals surface area (Å²) in [7, 11) is -4.63. The second kappa shape index (κ2) is 19.3. The van der Waals surface area contributed by atoms with E-state index in [1.807, 2.05) is 55.0 Å². The van der Waals surface area contributed by atoms with Crippen LogP contribution in [-0.2, 0) is 32.6 Å². The minimum absolute atomic E-state index is 0.0123. The topological polar surface area (TPSA) is 146 Å². The first kappa shape index (κ1) is 39.4. The molecule has 0 aromatic heterocycles. The fraction of sp³-hybridized carbons (Fsp3) is 0.308. The first-order valence-corrected chi connectivity index (χ1v) is 18.8. The summed E-state index contributed by atoms with van der Waals surface area (Å²) in [6.07, 6.45) is 0.106. The molecule has 0 radical (unpaired) electrons. The Morgan fingerprint density at radius 3 is 1.40 bits per heavy atom. The number of carbonyl (C=O) groups is 3. The lowest BCUT2D eigenvalue weighted by Gasteiger charge is -2.28. The van der Waals surface area contributed by atoms with Gasteiger partial charge in [0.05, 0.1) is 13.2 Å². The molecule has 276 valence electrons. The third kappa shape index (κ3) is 11.3. The molecule has 0 saturated heterocycles. The van der Waals surface area contributed by atoms with Crippen molar-refractivity contribution in [3.63, 3.8) is 0 Å².